The van der Waals surface area contributed by atoms with Gasteiger partial charge in [-0.25, -0.2) is 4.79 Å². The predicted octanol–water partition coefficient (Wildman–Crippen LogP) is 19.0. The lowest BCUT2D eigenvalue weighted by Gasteiger charge is -2.40. The normalized spacial score (nSPS) is 18.0. The minimum Gasteiger partial charge on any atom is -0.479 e. The van der Waals surface area contributed by atoms with Crippen molar-refractivity contribution in [1.82, 2.24) is 0 Å². The van der Waals surface area contributed by atoms with E-state index in [-0.39, 0.29) is 25.9 Å². The molecular formula is C73H124O12. The first-order chi connectivity index (χ1) is 41.6. The SMILES string of the molecule is CC/C=C\C/C=C\C/C=C\C/C=C\CCCCCCCCC(=O)OCC(COC1OC(C(=O)O)C(O)C(O)C1OC(=O)CCCCCCCCC/C=C\CCCCCCCC)OC(=O)CCCCCCCCCCC/C=C\C/C=C\CCCCC. The van der Waals surface area contributed by atoms with Crippen LogP contribution in [0.3, 0.4) is 0 Å². The van der Waals surface area contributed by atoms with Gasteiger partial charge >= 0.3 is 23.9 Å². The molecule has 1 rings (SSSR count). The van der Waals surface area contributed by atoms with E-state index in [0.717, 1.165) is 135 Å². The molecule has 488 valence electrons. The summed E-state index contributed by atoms with van der Waals surface area (Å²) in [4.78, 5) is 51.5. The zero-order valence-corrected chi connectivity index (χ0v) is 54.1. The second-order valence-electron chi connectivity index (χ2n) is 23.4. The molecule has 6 unspecified atom stereocenters. The van der Waals surface area contributed by atoms with E-state index >= 15 is 0 Å². The monoisotopic (exact) mass is 1190 g/mol. The number of rotatable bonds is 59. The maximum Gasteiger partial charge on any atom is 0.335 e. The topological polar surface area (TPSA) is 175 Å². The lowest BCUT2D eigenvalue weighted by Crippen LogP contribution is -2.61. The fourth-order valence-corrected chi connectivity index (χ4v) is 10.2. The molecule has 12 heteroatoms. The molecular weight excluding hydrogens is 1070 g/mol. The zero-order chi connectivity index (χ0) is 61.7. The number of carbonyl (C=O) groups excluding carboxylic acids is 3. The van der Waals surface area contributed by atoms with E-state index in [1.165, 1.54) is 109 Å². The Morgan fingerprint density at radius 3 is 1.16 bits per heavy atom. The van der Waals surface area contributed by atoms with Crippen molar-refractivity contribution < 1.29 is 58.2 Å². The fourth-order valence-electron chi connectivity index (χ4n) is 10.2. The summed E-state index contributed by atoms with van der Waals surface area (Å²) in [5.41, 5.74) is 0. The number of hydrogen-bond acceptors (Lipinski definition) is 11. The van der Waals surface area contributed by atoms with Crippen molar-refractivity contribution in [1.29, 1.82) is 0 Å². The van der Waals surface area contributed by atoms with Crippen LogP contribution in [0, 0.1) is 0 Å². The Kier molecular flexibility index (Phi) is 55.9. The van der Waals surface area contributed by atoms with E-state index in [4.69, 9.17) is 23.7 Å². The van der Waals surface area contributed by atoms with Crippen LogP contribution in [0.5, 0.6) is 0 Å². The Balaban J connectivity index is 2.66. The van der Waals surface area contributed by atoms with Gasteiger partial charge in [0.05, 0.1) is 6.61 Å². The van der Waals surface area contributed by atoms with Crippen LogP contribution >= 0.6 is 0 Å². The smallest absolute Gasteiger partial charge is 0.335 e. The quantitative estimate of drug-likeness (QED) is 0.0228. The zero-order valence-electron chi connectivity index (χ0n) is 54.1. The average molecular weight is 1190 g/mol. The van der Waals surface area contributed by atoms with Crippen molar-refractivity contribution in [2.24, 2.45) is 0 Å². The first-order valence-corrected chi connectivity index (χ1v) is 34.6. The minimum absolute atomic E-state index is 0.0522. The van der Waals surface area contributed by atoms with Crippen molar-refractivity contribution in [3.8, 4) is 0 Å². The molecule has 85 heavy (non-hydrogen) atoms. The first-order valence-electron chi connectivity index (χ1n) is 34.6. The Morgan fingerprint density at radius 1 is 0.400 bits per heavy atom. The maximum atomic E-state index is 13.2. The molecule has 0 radical (unpaired) electrons. The molecule has 0 aromatic rings. The molecule has 1 fully saturated rings. The summed E-state index contributed by atoms with van der Waals surface area (Å²) in [6, 6.07) is 0. The predicted molar refractivity (Wildman–Crippen MR) is 349 cm³/mol. The average Bonchev–Trinajstić information content (AvgIpc) is 3.46. The van der Waals surface area contributed by atoms with Crippen molar-refractivity contribution in [2.75, 3.05) is 13.2 Å². The van der Waals surface area contributed by atoms with Gasteiger partial charge in [0.2, 0.25) is 0 Å². The van der Waals surface area contributed by atoms with E-state index in [2.05, 4.69) is 106 Å². The number of aliphatic hydroxyl groups is 2. The van der Waals surface area contributed by atoms with Gasteiger partial charge in [-0.1, -0.05) is 254 Å². The summed E-state index contributed by atoms with van der Waals surface area (Å²) >= 11 is 0. The molecule has 0 saturated carbocycles. The van der Waals surface area contributed by atoms with Crippen molar-refractivity contribution in [3.63, 3.8) is 0 Å². The summed E-state index contributed by atoms with van der Waals surface area (Å²) in [7, 11) is 0. The van der Waals surface area contributed by atoms with Crippen LogP contribution in [0.2, 0.25) is 0 Å². The molecule has 1 saturated heterocycles. The van der Waals surface area contributed by atoms with Crippen LogP contribution in [-0.4, -0.2) is 89.2 Å². The molecule has 0 spiro atoms. The second-order valence-corrected chi connectivity index (χ2v) is 23.4. The van der Waals surface area contributed by atoms with Crippen molar-refractivity contribution in [2.45, 2.75) is 340 Å². The van der Waals surface area contributed by atoms with E-state index in [0.29, 0.717) is 19.3 Å². The van der Waals surface area contributed by atoms with E-state index in [1.807, 2.05) is 0 Å². The van der Waals surface area contributed by atoms with Gasteiger partial charge in [-0.2, -0.15) is 0 Å². The van der Waals surface area contributed by atoms with Crippen LogP contribution in [0.1, 0.15) is 303 Å². The number of aliphatic carboxylic acids is 1. The van der Waals surface area contributed by atoms with Gasteiger partial charge in [-0.15, -0.1) is 0 Å². The standard InChI is InChI=1S/C73H124O12/c1-4-7-10-13-16-19-22-25-28-31-33-36-38-41-44-47-50-53-56-59-65(74)81-62-64(83-66(75)60-57-54-51-48-45-42-40-37-34-32-29-26-23-20-17-14-11-8-5-2)63-82-73-71(69(78)68(77)70(85-73)72(79)80)84-67(76)61-58-55-52-49-46-43-39-35-30-27-24-21-18-15-12-9-6-3/h7,10,16-17,19-20,25-30,33,36,64,68-71,73,77-78H,4-6,8-9,11-15,18,21-24,31-32,34-35,37-63H2,1-3H3,(H,79,80)/b10-7-,19-16-,20-17-,28-25-,29-26-,30-27-,36-33-. The Labute approximate surface area is 518 Å². The number of carbonyl (C=O) groups is 4. The van der Waals surface area contributed by atoms with Crippen LogP contribution in [0.4, 0.5) is 0 Å². The van der Waals surface area contributed by atoms with Crippen LogP contribution in [0.15, 0.2) is 85.1 Å². The number of ether oxygens (including phenoxy) is 5. The Hall–Kier alpha value is -4.10. The molecule has 0 amide bonds. The second kappa shape index (κ2) is 60.2. The number of hydrogen-bond donors (Lipinski definition) is 3. The molecule has 0 aromatic heterocycles. The van der Waals surface area contributed by atoms with Gasteiger partial charge < -0.3 is 39.0 Å². The van der Waals surface area contributed by atoms with Crippen LogP contribution < -0.4 is 0 Å². The largest absolute Gasteiger partial charge is 0.479 e. The highest BCUT2D eigenvalue weighted by Gasteiger charge is 2.50. The molecule has 0 aliphatic carbocycles. The van der Waals surface area contributed by atoms with Gasteiger partial charge in [0.25, 0.3) is 0 Å². The van der Waals surface area contributed by atoms with Crippen molar-refractivity contribution in [3.05, 3.63) is 85.1 Å². The third-order valence-corrected chi connectivity index (χ3v) is 15.4. The Bertz CT molecular complexity index is 1800. The van der Waals surface area contributed by atoms with Gasteiger partial charge in [0, 0.05) is 19.3 Å². The number of carboxylic acid groups (broad SMARTS) is 1. The molecule has 1 heterocycles. The van der Waals surface area contributed by atoms with Crippen LogP contribution in [-0.2, 0) is 42.9 Å². The summed E-state index contributed by atoms with van der Waals surface area (Å²) in [6.45, 7) is 5.88. The Morgan fingerprint density at radius 2 is 0.741 bits per heavy atom. The number of esters is 3. The number of aliphatic hydroxyl groups excluding tert-OH is 2. The van der Waals surface area contributed by atoms with Gasteiger partial charge in [0.1, 0.15) is 18.8 Å². The van der Waals surface area contributed by atoms with Crippen LogP contribution in [0.25, 0.3) is 0 Å². The summed E-state index contributed by atoms with van der Waals surface area (Å²) in [5, 5.41) is 31.7. The molecule has 6 atom stereocenters. The molecule has 12 nitrogen and oxygen atoms in total. The minimum atomic E-state index is -1.91. The summed E-state index contributed by atoms with van der Waals surface area (Å²) < 4.78 is 28.6. The number of allylic oxidation sites excluding steroid dienone is 14. The molecule has 1 aliphatic rings. The highest BCUT2D eigenvalue weighted by atomic mass is 16.7. The molecule has 3 N–H and O–H groups in total. The third-order valence-electron chi connectivity index (χ3n) is 15.4. The maximum absolute atomic E-state index is 13.2. The fraction of sp³-hybridized carbons (Fsp3) is 0.753. The van der Waals surface area contributed by atoms with Gasteiger partial charge in [-0.3, -0.25) is 14.4 Å². The third kappa shape index (κ3) is 49.6. The van der Waals surface area contributed by atoms with E-state index in [9.17, 15) is 34.5 Å². The van der Waals surface area contributed by atoms with Crippen molar-refractivity contribution >= 4 is 23.9 Å². The number of unbranched alkanes of at least 4 members (excludes halogenated alkanes) is 31. The van der Waals surface area contributed by atoms with Gasteiger partial charge in [0.15, 0.2) is 24.6 Å². The number of carboxylic acids is 1. The van der Waals surface area contributed by atoms with E-state index in [1.54, 1.807) is 0 Å². The molecule has 1 aliphatic heterocycles. The highest BCUT2D eigenvalue weighted by Crippen LogP contribution is 2.27. The highest BCUT2D eigenvalue weighted by molar-refractivity contribution is 5.74. The lowest BCUT2D eigenvalue weighted by molar-refractivity contribution is -0.301. The summed E-state index contributed by atoms with van der Waals surface area (Å²) in [6.07, 6.45) is 66.7. The molecule has 0 aromatic carbocycles. The van der Waals surface area contributed by atoms with E-state index < -0.39 is 67.3 Å². The summed E-state index contributed by atoms with van der Waals surface area (Å²) in [5.74, 6) is -3.13. The lowest BCUT2D eigenvalue weighted by atomic mass is 9.98. The first kappa shape index (κ1) is 78.9. The van der Waals surface area contributed by atoms with Gasteiger partial charge in [-0.05, 0) is 116 Å². The molecule has 0 bridgehead atoms.